The van der Waals surface area contributed by atoms with Crippen LogP contribution in [-0.4, -0.2) is 45.5 Å². The molecule has 0 radical (unpaired) electrons. The van der Waals surface area contributed by atoms with Gasteiger partial charge in [-0.25, -0.2) is 0 Å². The molecule has 3 aromatic rings. The summed E-state index contributed by atoms with van der Waals surface area (Å²) < 4.78 is 6.64. The summed E-state index contributed by atoms with van der Waals surface area (Å²) in [4.78, 5) is 20.5. The van der Waals surface area contributed by atoms with Crippen molar-refractivity contribution in [3.63, 3.8) is 0 Å². The Hall–Kier alpha value is -2.63. The van der Waals surface area contributed by atoms with E-state index >= 15 is 0 Å². The molecule has 1 N–H and O–H groups in total. The zero-order valence-corrected chi connectivity index (χ0v) is 15.7. The molecule has 6 rings (SSSR count). The molecule has 4 heterocycles. The van der Waals surface area contributed by atoms with Crippen LogP contribution in [0.1, 0.15) is 30.1 Å². The molecular formula is C23H23N3O2. The Morgan fingerprint density at radius 1 is 1.14 bits per heavy atom. The largest absolute Gasteiger partial charge is 0.361 e. The van der Waals surface area contributed by atoms with Crippen LogP contribution in [0.2, 0.25) is 0 Å². The van der Waals surface area contributed by atoms with Crippen LogP contribution < -0.4 is 0 Å². The van der Waals surface area contributed by atoms with Gasteiger partial charge in [-0.3, -0.25) is 9.69 Å². The molecule has 3 aliphatic heterocycles. The normalized spacial score (nSPS) is 29.6. The van der Waals surface area contributed by atoms with Crippen LogP contribution in [0.15, 0.2) is 60.8 Å². The van der Waals surface area contributed by atoms with Gasteiger partial charge in [0.25, 0.3) is 0 Å². The van der Waals surface area contributed by atoms with Gasteiger partial charge in [0.05, 0.1) is 12.6 Å². The van der Waals surface area contributed by atoms with Gasteiger partial charge in [-0.2, -0.15) is 0 Å². The number of aromatic amines is 1. The molecule has 3 saturated heterocycles. The van der Waals surface area contributed by atoms with Crippen LogP contribution in [0, 0.1) is 0 Å². The fourth-order valence-electron chi connectivity index (χ4n) is 5.37. The van der Waals surface area contributed by atoms with Crippen LogP contribution >= 0.6 is 0 Å². The second-order valence-electron chi connectivity index (χ2n) is 8.21. The lowest BCUT2D eigenvalue weighted by Crippen LogP contribution is -2.47. The highest BCUT2D eigenvalue weighted by atomic mass is 16.5. The number of likely N-dealkylation sites (tertiary alicyclic amines) is 1. The predicted octanol–water partition coefficient (Wildman–Crippen LogP) is 3.44. The summed E-state index contributed by atoms with van der Waals surface area (Å²) in [5.74, 6) is 0.231. The number of hydrogen-bond acceptors (Lipinski definition) is 3. The van der Waals surface area contributed by atoms with E-state index in [9.17, 15) is 4.79 Å². The quantitative estimate of drug-likeness (QED) is 0.765. The van der Waals surface area contributed by atoms with Crippen LogP contribution in [0.4, 0.5) is 0 Å². The number of fused-ring (bicyclic) bond motifs is 1. The van der Waals surface area contributed by atoms with Crippen molar-refractivity contribution < 1.29 is 9.53 Å². The van der Waals surface area contributed by atoms with E-state index in [2.05, 4.69) is 46.3 Å². The van der Waals surface area contributed by atoms with E-state index in [0.29, 0.717) is 13.0 Å². The first-order valence-electron chi connectivity index (χ1n) is 10.1. The molecule has 3 atom stereocenters. The monoisotopic (exact) mass is 373 g/mol. The molecule has 5 heteroatoms. The highest BCUT2D eigenvalue weighted by Gasteiger charge is 2.63. The van der Waals surface area contributed by atoms with Crippen LogP contribution in [0.5, 0.6) is 0 Å². The number of benzene rings is 2. The first kappa shape index (κ1) is 16.3. The number of rotatable bonds is 3. The number of carbonyl (C=O) groups excluding carboxylic acids is 1. The second-order valence-corrected chi connectivity index (χ2v) is 8.21. The van der Waals surface area contributed by atoms with Gasteiger partial charge in [0.1, 0.15) is 6.10 Å². The summed E-state index contributed by atoms with van der Waals surface area (Å²) in [6.07, 6.45) is 3.40. The summed E-state index contributed by atoms with van der Waals surface area (Å²) in [6, 6.07) is 19.1. The summed E-state index contributed by atoms with van der Waals surface area (Å²) in [7, 11) is 0. The minimum absolute atomic E-state index is 0.0240. The van der Waals surface area contributed by atoms with Gasteiger partial charge in [0.15, 0.2) is 5.72 Å². The Morgan fingerprint density at radius 3 is 2.93 bits per heavy atom. The van der Waals surface area contributed by atoms with Gasteiger partial charge in [-0.1, -0.05) is 36.4 Å². The highest BCUT2D eigenvalue weighted by molar-refractivity contribution is 5.82. The standard InChI is InChI=1S/C23H23N3O2/c27-22-13-21-23(26(22)15-20(28-23)17-4-2-1-3-5-17)9-11-25(21)14-16-6-7-19-18(12-16)8-10-24-19/h1-8,10,12,20-21,24H,9,11,13-15H2/t20-,21-,23+/m1/s1. The number of nitrogens with one attached hydrogen (secondary N) is 1. The van der Waals surface area contributed by atoms with E-state index in [-0.39, 0.29) is 18.1 Å². The van der Waals surface area contributed by atoms with E-state index < -0.39 is 5.72 Å². The summed E-state index contributed by atoms with van der Waals surface area (Å²) in [5, 5.41) is 1.23. The van der Waals surface area contributed by atoms with Crippen LogP contribution in [0.3, 0.4) is 0 Å². The molecule has 3 aliphatic rings. The van der Waals surface area contributed by atoms with E-state index in [1.165, 1.54) is 10.9 Å². The third kappa shape index (κ3) is 2.30. The average molecular weight is 373 g/mol. The lowest BCUT2D eigenvalue weighted by atomic mass is 10.1. The fraction of sp³-hybridized carbons (Fsp3) is 0.348. The molecule has 142 valence electrons. The lowest BCUT2D eigenvalue weighted by molar-refractivity contribution is -0.138. The van der Waals surface area contributed by atoms with Crippen molar-refractivity contribution in [3.05, 3.63) is 71.9 Å². The Kier molecular flexibility index (Phi) is 3.46. The first-order chi connectivity index (χ1) is 13.7. The van der Waals surface area contributed by atoms with E-state index in [4.69, 9.17) is 4.74 Å². The summed E-state index contributed by atoms with van der Waals surface area (Å²) >= 11 is 0. The first-order valence-corrected chi connectivity index (χ1v) is 10.1. The zero-order chi connectivity index (χ0) is 18.7. The Labute approximate surface area is 163 Å². The smallest absolute Gasteiger partial charge is 0.226 e. The predicted molar refractivity (Wildman–Crippen MR) is 106 cm³/mol. The van der Waals surface area contributed by atoms with E-state index in [1.54, 1.807) is 0 Å². The topological polar surface area (TPSA) is 48.6 Å². The van der Waals surface area contributed by atoms with Gasteiger partial charge in [0, 0.05) is 37.6 Å². The van der Waals surface area contributed by atoms with Gasteiger partial charge < -0.3 is 14.6 Å². The maximum Gasteiger partial charge on any atom is 0.226 e. The molecule has 0 saturated carbocycles. The summed E-state index contributed by atoms with van der Waals surface area (Å²) in [6.45, 7) is 2.48. The Bertz CT molecular complexity index is 1050. The van der Waals surface area contributed by atoms with Crippen molar-refractivity contribution in [1.29, 1.82) is 0 Å². The number of ether oxygens (including phenoxy) is 1. The fourth-order valence-corrected chi connectivity index (χ4v) is 5.37. The minimum Gasteiger partial charge on any atom is -0.361 e. The van der Waals surface area contributed by atoms with E-state index in [0.717, 1.165) is 30.6 Å². The maximum absolute atomic E-state index is 12.8. The van der Waals surface area contributed by atoms with Gasteiger partial charge in [-0.15, -0.1) is 0 Å². The van der Waals surface area contributed by atoms with Crippen molar-refractivity contribution in [3.8, 4) is 0 Å². The number of amides is 1. The van der Waals surface area contributed by atoms with Crippen molar-refractivity contribution in [2.24, 2.45) is 0 Å². The maximum atomic E-state index is 12.8. The molecule has 3 fully saturated rings. The third-order valence-corrected chi connectivity index (χ3v) is 6.71. The number of carbonyl (C=O) groups is 1. The number of aromatic nitrogens is 1. The van der Waals surface area contributed by atoms with Crippen LogP contribution in [0.25, 0.3) is 10.9 Å². The van der Waals surface area contributed by atoms with Crippen molar-refractivity contribution in [2.45, 2.75) is 37.3 Å². The lowest BCUT2D eigenvalue weighted by Gasteiger charge is -2.32. The van der Waals surface area contributed by atoms with Crippen molar-refractivity contribution in [2.75, 3.05) is 13.1 Å². The average Bonchev–Trinajstić information content (AvgIpc) is 3.45. The van der Waals surface area contributed by atoms with Crippen molar-refractivity contribution in [1.82, 2.24) is 14.8 Å². The molecule has 0 unspecified atom stereocenters. The van der Waals surface area contributed by atoms with E-state index in [1.807, 2.05) is 29.3 Å². The molecule has 2 aromatic carbocycles. The molecule has 28 heavy (non-hydrogen) atoms. The number of H-pyrrole nitrogens is 1. The highest BCUT2D eigenvalue weighted by Crippen LogP contribution is 2.50. The van der Waals surface area contributed by atoms with Gasteiger partial charge >= 0.3 is 0 Å². The molecule has 0 bridgehead atoms. The SMILES string of the molecule is O=C1C[C@H]2N(Cc3ccc4[nH]ccc4c3)CC[C@]23O[C@@H](c2ccccc2)CN13. The van der Waals surface area contributed by atoms with Gasteiger partial charge in [-0.05, 0) is 34.7 Å². The molecule has 1 aromatic heterocycles. The number of nitrogens with zero attached hydrogens (tertiary/aromatic N) is 2. The summed E-state index contributed by atoms with van der Waals surface area (Å²) in [5.41, 5.74) is 3.16. The second kappa shape index (κ2) is 5.93. The molecule has 1 amide bonds. The van der Waals surface area contributed by atoms with Crippen molar-refractivity contribution >= 4 is 16.8 Å². The molecule has 5 nitrogen and oxygen atoms in total. The third-order valence-electron chi connectivity index (χ3n) is 6.71. The molecular weight excluding hydrogens is 350 g/mol. The van der Waals surface area contributed by atoms with Crippen LogP contribution in [-0.2, 0) is 16.1 Å². The number of hydrogen-bond donors (Lipinski definition) is 1. The zero-order valence-electron chi connectivity index (χ0n) is 15.7. The van der Waals surface area contributed by atoms with Gasteiger partial charge in [0.2, 0.25) is 5.91 Å². The molecule has 0 aliphatic carbocycles. The Morgan fingerprint density at radius 2 is 2.04 bits per heavy atom. The Balaban J connectivity index is 1.27. The molecule has 1 spiro atoms. The minimum atomic E-state index is -0.449.